The van der Waals surface area contributed by atoms with Gasteiger partial charge in [-0.1, -0.05) is 39.5 Å². The quantitative estimate of drug-likeness (QED) is 0.509. The van der Waals surface area contributed by atoms with Crippen LogP contribution in [0.5, 0.6) is 0 Å². The van der Waals surface area contributed by atoms with Crippen LogP contribution in [0.2, 0.25) is 0 Å². The summed E-state index contributed by atoms with van der Waals surface area (Å²) >= 11 is 0. The van der Waals surface area contributed by atoms with E-state index >= 15 is 0 Å². The van der Waals surface area contributed by atoms with Crippen LogP contribution in [0, 0.1) is 0 Å². The molecule has 0 aliphatic rings. The zero-order valence-electron chi connectivity index (χ0n) is 14.1. The van der Waals surface area contributed by atoms with Crippen LogP contribution in [0.15, 0.2) is 0 Å². The maximum atomic E-state index is 11.2. The van der Waals surface area contributed by atoms with Gasteiger partial charge in [-0.15, -0.1) is 0 Å². The van der Waals surface area contributed by atoms with Gasteiger partial charge < -0.3 is 20.1 Å². The largest absolute Gasteiger partial charge is 0.450 e. The Hall–Kier alpha value is -1.46. The monoisotopic (exact) mass is 316 g/mol. The smallest absolute Gasteiger partial charge is 0.407 e. The number of amides is 2. The van der Waals surface area contributed by atoms with Crippen LogP contribution in [0.25, 0.3) is 0 Å². The summed E-state index contributed by atoms with van der Waals surface area (Å²) in [6.07, 6.45) is 7.49. The summed E-state index contributed by atoms with van der Waals surface area (Å²) in [4.78, 5) is 22.3. The summed E-state index contributed by atoms with van der Waals surface area (Å²) in [6, 6.07) is 0. The van der Waals surface area contributed by atoms with Gasteiger partial charge in [-0.2, -0.15) is 0 Å². The molecule has 0 radical (unpaired) electrons. The first-order chi connectivity index (χ1) is 10.7. The van der Waals surface area contributed by atoms with Crippen LogP contribution >= 0.6 is 0 Å². The van der Waals surface area contributed by atoms with Crippen molar-refractivity contribution in [2.24, 2.45) is 0 Å². The van der Waals surface area contributed by atoms with Crippen molar-refractivity contribution in [2.45, 2.75) is 65.2 Å². The van der Waals surface area contributed by atoms with Crippen molar-refractivity contribution in [3.63, 3.8) is 0 Å². The molecule has 0 spiro atoms. The third-order valence-electron chi connectivity index (χ3n) is 3.02. The summed E-state index contributed by atoms with van der Waals surface area (Å²) in [5, 5.41) is 5.47. The number of rotatable bonds is 13. The maximum absolute atomic E-state index is 11.2. The summed E-state index contributed by atoms with van der Waals surface area (Å²) in [5.41, 5.74) is 0. The fraction of sp³-hybridized carbons (Fsp3) is 0.875. The molecule has 0 saturated heterocycles. The van der Waals surface area contributed by atoms with Crippen molar-refractivity contribution in [3.8, 4) is 0 Å². The van der Waals surface area contributed by atoms with E-state index in [-0.39, 0.29) is 12.2 Å². The summed E-state index contributed by atoms with van der Waals surface area (Å²) in [6.45, 7) is 6.24. The van der Waals surface area contributed by atoms with Crippen molar-refractivity contribution in [1.82, 2.24) is 10.6 Å². The van der Waals surface area contributed by atoms with Gasteiger partial charge >= 0.3 is 12.2 Å². The Balaban J connectivity index is 3.17. The molecule has 2 amide bonds. The fourth-order valence-corrected chi connectivity index (χ4v) is 1.83. The second-order valence-corrected chi connectivity index (χ2v) is 5.25. The van der Waals surface area contributed by atoms with Crippen LogP contribution in [0.3, 0.4) is 0 Å². The number of alkyl carbamates (subject to hydrolysis) is 2. The first kappa shape index (κ1) is 20.5. The molecule has 0 fully saturated rings. The van der Waals surface area contributed by atoms with E-state index in [1.54, 1.807) is 0 Å². The van der Waals surface area contributed by atoms with E-state index in [9.17, 15) is 9.59 Å². The van der Waals surface area contributed by atoms with E-state index in [0.717, 1.165) is 51.4 Å². The molecule has 0 saturated carbocycles. The van der Waals surface area contributed by atoms with Crippen molar-refractivity contribution < 1.29 is 19.1 Å². The van der Waals surface area contributed by atoms with Crippen LogP contribution in [0.1, 0.15) is 65.2 Å². The maximum Gasteiger partial charge on any atom is 0.407 e. The molecule has 6 heteroatoms. The Labute approximate surface area is 134 Å². The zero-order valence-corrected chi connectivity index (χ0v) is 14.1. The number of hydrogen-bond donors (Lipinski definition) is 2. The van der Waals surface area contributed by atoms with Gasteiger partial charge in [-0.3, -0.25) is 0 Å². The number of carbonyl (C=O) groups is 2. The van der Waals surface area contributed by atoms with E-state index in [1.165, 1.54) is 0 Å². The predicted molar refractivity (Wildman–Crippen MR) is 87.0 cm³/mol. The van der Waals surface area contributed by atoms with Gasteiger partial charge in [0.2, 0.25) is 0 Å². The van der Waals surface area contributed by atoms with Gasteiger partial charge in [0.15, 0.2) is 0 Å². The van der Waals surface area contributed by atoms with Gasteiger partial charge in [0.1, 0.15) is 0 Å². The molecule has 2 N–H and O–H groups in total. The number of carbonyl (C=O) groups excluding carboxylic acids is 2. The van der Waals surface area contributed by atoms with Gasteiger partial charge in [-0.05, 0) is 25.7 Å². The lowest BCUT2D eigenvalue weighted by Crippen LogP contribution is -2.25. The minimum absolute atomic E-state index is 0.317. The van der Waals surface area contributed by atoms with Crippen LogP contribution in [-0.2, 0) is 9.47 Å². The van der Waals surface area contributed by atoms with Crippen molar-refractivity contribution in [1.29, 1.82) is 0 Å². The number of nitrogens with one attached hydrogen (secondary N) is 2. The molecule has 0 aliphatic heterocycles. The normalized spacial score (nSPS) is 10.1. The number of ether oxygens (including phenoxy) is 2. The van der Waals surface area contributed by atoms with Crippen LogP contribution in [0.4, 0.5) is 9.59 Å². The third kappa shape index (κ3) is 14.9. The Bertz CT molecular complexity index is 257. The highest BCUT2D eigenvalue weighted by Crippen LogP contribution is 2.04. The molecule has 6 nitrogen and oxygen atoms in total. The lowest BCUT2D eigenvalue weighted by Gasteiger charge is -2.06. The molecule has 0 aliphatic carbocycles. The van der Waals surface area contributed by atoms with E-state index < -0.39 is 0 Å². The zero-order chi connectivity index (χ0) is 16.5. The van der Waals surface area contributed by atoms with E-state index in [2.05, 4.69) is 10.6 Å². The first-order valence-electron chi connectivity index (χ1n) is 8.52. The molecule has 0 unspecified atom stereocenters. The average molecular weight is 316 g/mol. The predicted octanol–water partition coefficient (Wildman–Crippen LogP) is 3.60. The lowest BCUT2D eigenvalue weighted by atomic mass is 10.1. The van der Waals surface area contributed by atoms with Gasteiger partial charge in [0.05, 0.1) is 13.2 Å². The van der Waals surface area contributed by atoms with Gasteiger partial charge in [0.25, 0.3) is 0 Å². The highest BCUT2D eigenvalue weighted by molar-refractivity contribution is 5.67. The Morgan fingerprint density at radius 2 is 1.05 bits per heavy atom. The highest BCUT2D eigenvalue weighted by Gasteiger charge is 2.00. The molecule has 22 heavy (non-hydrogen) atoms. The van der Waals surface area contributed by atoms with Crippen LogP contribution in [-0.4, -0.2) is 38.5 Å². The first-order valence-corrected chi connectivity index (χ1v) is 8.52. The molecule has 0 rings (SSSR count). The van der Waals surface area contributed by atoms with E-state index in [1.807, 2.05) is 13.8 Å². The SMILES string of the molecule is CCCOC(=O)NCCCCCCCCNC(=O)OCCC. The highest BCUT2D eigenvalue weighted by atomic mass is 16.6. The Morgan fingerprint density at radius 3 is 1.41 bits per heavy atom. The number of unbranched alkanes of at least 4 members (excludes halogenated alkanes) is 5. The standard InChI is InChI=1S/C16H32N2O4/c1-3-13-21-15(19)17-11-9-7-5-6-8-10-12-18-16(20)22-14-4-2/h3-14H2,1-2H3,(H,17,19)(H,18,20). The Morgan fingerprint density at radius 1 is 0.682 bits per heavy atom. The lowest BCUT2D eigenvalue weighted by molar-refractivity contribution is 0.145. The summed E-state index contributed by atoms with van der Waals surface area (Å²) in [7, 11) is 0. The molecular weight excluding hydrogens is 284 g/mol. The molecular formula is C16H32N2O4. The summed E-state index contributed by atoms with van der Waals surface area (Å²) < 4.78 is 9.82. The van der Waals surface area contributed by atoms with Crippen molar-refractivity contribution >= 4 is 12.2 Å². The summed E-state index contributed by atoms with van der Waals surface area (Å²) in [5.74, 6) is 0. The Kier molecular flexibility index (Phi) is 14.9. The minimum Gasteiger partial charge on any atom is -0.450 e. The molecule has 0 bridgehead atoms. The second-order valence-electron chi connectivity index (χ2n) is 5.25. The molecule has 0 atom stereocenters. The average Bonchev–Trinajstić information content (AvgIpc) is 2.52. The van der Waals surface area contributed by atoms with Crippen LogP contribution < -0.4 is 10.6 Å². The van der Waals surface area contributed by atoms with E-state index in [0.29, 0.717) is 26.3 Å². The number of hydrogen-bond acceptors (Lipinski definition) is 4. The minimum atomic E-state index is -0.317. The molecule has 0 heterocycles. The van der Waals surface area contributed by atoms with Gasteiger partial charge in [-0.25, -0.2) is 9.59 Å². The third-order valence-corrected chi connectivity index (χ3v) is 3.02. The second kappa shape index (κ2) is 15.9. The topological polar surface area (TPSA) is 76.7 Å². The van der Waals surface area contributed by atoms with Crippen molar-refractivity contribution in [2.75, 3.05) is 26.3 Å². The molecule has 0 aromatic carbocycles. The molecule has 130 valence electrons. The molecule has 0 aromatic heterocycles. The van der Waals surface area contributed by atoms with E-state index in [4.69, 9.17) is 9.47 Å². The van der Waals surface area contributed by atoms with Gasteiger partial charge in [0, 0.05) is 13.1 Å². The van der Waals surface area contributed by atoms with Crippen molar-refractivity contribution in [3.05, 3.63) is 0 Å². The fourth-order valence-electron chi connectivity index (χ4n) is 1.83. The molecule has 0 aromatic rings.